The molecule has 0 saturated heterocycles. The van der Waals surface area contributed by atoms with Gasteiger partial charge in [-0.3, -0.25) is 4.79 Å². The summed E-state index contributed by atoms with van der Waals surface area (Å²) in [7, 11) is 0. The molecule has 0 aliphatic rings. The van der Waals surface area contributed by atoms with Gasteiger partial charge in [0.2, 0.25) is 0 Å². The van der Waals surface area contributed by atoms with Crippen molar-refractivity contribution in [3.8, 4) is 5.75 Å². The highest BCUT2D eigenvalue weighted by Crippen LogP contribution is 2.20. The van der Waals surface area contributed by atoms with E-state index in [9.17, 15) is 4.79 Å². The highest BCUT2D eigenvalue weighted by molar-refractivity contribution is 7.12. The third-order valence-electron chi connectivity index (χ3n) is 2.87. The van der Waals surface area contributed by atoms with Crippen LogP contribution in [0.1, 0.15) is 35.0 Å². The fourth-order valence-corrected chi connectivity index (χ4v) is 2.60. The molecular weight excluding hydrogens is 268 g/mol. The second-order valence-electron chi connectivity index (χ2n) is 4.39. The SMILES string of the molecule is CC=Cc1ccccc1OCCCC(=O)c1cccs1. The molecule has 0 N–H and O–H groups in total. The van der Waals surface area contributed by atoms with Crippen molar-refractivity contribution in [3.05, 3.63) is 58.3 Å². The van der Waals surface area contributed by atoms with Gasteiger partial charge in [0.15, 0.2) is 5.78 Å². The first-order valence-corrected chi connectivity index (χ1v) is 7.60. The number of rotatable bonds is 7. The van der Waals surface area contributed by atoms with E-state index >= 15 is 0 Å². The van der Waals surface area contributed by atoms with E-state index in [4.69, 9.17) is 4.74 Å². The van der Waals surface area contributed by atoms with E-state index in [1.54, 1.807) is 0 Å². The van der Waals surface area contributed by atoms with E-state index in [2.05, 4.69) is 0 Å². The summed E-state index contributed by atoms with van der Waals surface area (Å²) in [5.74, 6) is 1.07. The monoisotopic (exact) mass is 286 g/mol. The Balaban J connectivity index is 1.80. The van der Waals surface area contributed by atoms with Crippen LogP contribution in [0, 0.1) is 0 Å². The number of para-hydroxylation sites is 1. The van der Waals surface area contributed by atoms with E-state index in [-0.39, 0.29) is 5.78 Å². The number of ether oxygens (including phenoxy) is 1. The molecule has 3 heteroatoms. The summed E-state index contributed by atoms with van der Waals surface area (Å²) in [6, 6.07) is 11.7. The summed E-state index contributed by atoms with van der Waals surface area (Å²) in [4.78, 5) is 12.7. The normalized spacial score (nSPS) is 10.8. The predicted molar refractivity (Wildman–Crippen MR) is 84.5 cm³/mol. The molecule has 20 heavy (non-hydrogen) atoms. The van der Waals surface area contributed by atoms with Crippen molar-refractivity contribution in [2.45, 2.75) is 19.8 Å². The Labute approximate surface area is 123 Å². The molecule has 0 amide bonds. The van der Waals surface area contributed by atoms with Gasteiger partial charge in [0.1, 0.15) is 5.75 Å². The zero-order valence-electron chi connectivity index (χ0n) is 11.5. The van der Waals surface area contributed by atoms with Gasteiger partial charge in [-0.25, -0.2) is 0 Å². The number of Topliss-reactive ketones (excluding diaryl/α,β-unsaturated/α-hetero) is 1. The first-order valence-electron chi connectivity index (χ1n) is 6.72. The average Bonchev–Trinajstić information content (AvgIpc) is 2.99. The number of hydrogen-bond donors (Lipinski definition) is 0. The molecule has 1 aromatic carbocycles. The lowest BCUT2D eigenvalue weighted by atomic mass is 10.2. The molecule has 0 saturated carbocycles. The van der Waals surface area contributed by atoms with Crippen molar-refractivity contribution in [3.63, 3.8) is 0 Å². The molecule has 0 aliphatic heterocycles. The Morgan fingerprint density at radius 3 is 2.85 bits per heavy atom. The summed E-state index contributed by atoms with van der Waals surface area (Å²) in [5.41, 5.74) is 1.07. The minimum atomic E-state index is 0.199. The molecule has 104 valence electrons. The lowest BCUT2D eigenvalue weighted by molar-refractivity contribution is 0.0977. The van der Waals surface area contributed by atoms with Crippen molar-refractivity contribution in [1.29, 1.82) is 0 Å². The van der Waals surface area contributed by atoms with E-state index < -0.39 is 0 Å². The third-order valence-corrected chi connectivity index (χ3v) is 3.78. The number of ketones is 1. The van der Waals surface area contributed by atoms with Gasteiger partial charge in [-0.2, -0.15) is 0 Å². The number of hydrogen-bond acceptors (Lipinski definition) is 3. The average molecular weight is 286 g/mol. The Morgan fingerprint density at radius 1 is 1.25 bits per heavy atom. The summed E-state index contributed by atoms with van der Waals surface area (Å²) in [6.07, 6.45) is 5.28. The first kappa shape index (κ1) is 14.5. The largest absolute Gasteiger partial charge is 0.493 e. The molecule has 1 heterocycles. The second-order valence-corrected chi connectivity index (χ2v) is 5.34. The van der Waals surface area contributed by atoms with Crippen LogP contribution in [0.2, 0.25) is 0 Å². The molecule has 2 rings (SSSR count). The van der Waals surface area contributed by atoms with Crippen molar-refractivity contribution < 1.29 is 9.53 Å². The molecule has 0 aliphatic carbocycles. The molecule has 0 unspecified atom stereocenters. The van der Waals surface area contributed by atoms with Crippen molar-refractivity contribution >= 4 is 23.2 Å². The maximum absolute atomic E-state index is 11.8. The second kappa shape index (κ2) is 7.65. The Kier molecular flexibility index (Phi) is 5.56. The van der Waals surface area contributed by atoms with Crippen LogP contribution in [0.4, 0.5) is 0 Å². The molecule has 2 aromatic rings. The van der Waals surface area contributed by atoms with Crippen LogP contribution in [0.25, 0.3) is 6.08 Å². The minimum absolute atomic E-state index is 0.199. The zero-order chi connectivity index (χ0) is 14.2. The lowest BCUT2D eigenvalue weighted by Gasteiger charge is -2.08. The van der Waals surface area contributed by atoms with Gasteiger partial charge in [0.25, 0.3) is 0 Å². The maximum atomic E-state index is 11.8. The number of thiophene rings is 1. The Morgan fingerprint density at radius 2 is 2.10 bits per heavy atom. The number of allylic oxidation sites excluding steroid dienone is 1. The van der Waals surface area contributed by atoms with Crippen LogP contribution >= 0.6 is 11.3 Å². The van der Waals surface area contributed by atoms with E-state index in [1.807, 2.05) is 60.9 Å². The van der Waals surface area contributed by atoms with Crippen LogP contribution in [0.3, 0.4) is 0 Å². The molecule has 0 fully saturated rings. The Hall–Kier alpha value is -1.87. The molecule has 0 bridgehead atoms. The van der Waals surface area contributed by atoms with Crippen molar-refractivity contribution in [2.75, 3.05) is 6.61 Å². The molecule has 0 atom stereocenters. The van der Waals surface area contributed by atoms with Gasteiger partial charge in [-0.05, 0) is 30.9 Å². The van der Waals surface area contributed by atoms with Crippen LogP contribution in [-0.2, 0) is 0 Å². The molecule has 2 nitrogen and oxygen atoms in total. The number of carbonyl (C=O) groups excluding carboxylic acids is 1. The minimum Gasteiger partial charge on any atom is -0.493 e. The van der Waals surface area contributed by atoms with Crippen molar-refractivity contribution in [1.82, 2.24) is 0 Å². The van der Waals surface area contributed by atoms with E-state index in [0.29, 0.717) is 13.0 Å². The fourth-order valence-electron chi connectivity index (χ4n) is 1.90. The summed E-state index contributed by atoms with van der Waals surface area (Å²) >= 11 is 1.50. The van der Waals surface area contributed by atoms with Crippen LogP contribution in [0.15, 0.2) is 47.9 Å². The van der Waals surface area contributed by atoms with Gasteiger partial charge in [-0.1, -0.05) is 36.4 Å². The lowest BCUT2D eigenvalue weighted by Crippen LogP contribution is -2.03. The zero-order valence-corrected chi connectivity index (χ0v) is 12.4. The first-order chi connectivity index (χ1) is 9.81. The number of carbonyl (C=O) groups is 1. The predicted octanol–water partition coefficient (Wildman–Crippen LogP) is 4.82. The van der Waals surface area contributed by atoms with Gasteiger partial charge < -0.3 is 4.74 Å². The standard InChI is InChI=1S/C17H18O2S/c1-2-7-14-8-3-4-10-16(14)19-12-5-9-15(18)17-11-6-13-20-17/h2-4,6-8,10-11,13H,5,9,12H2,1H3. The van der Waals surface area contributed by atoms with Gasteiger partial charge in [0.05, 0.1) is 11.5 Å². The quantitative estimate of drug-likeness (QED) is 0.538. The summed E-state index contributed by atoms with van der Waals surface area (Å²) in [6.45, 7) is 2.54. The summed E-state index contributed by atoms with van der Waals surface area (Å²) < 4.78 is 5.76. The third kappa shape index (κ3) is 4.07. The smallest absolute Gasteiger partial charge is 0.172 e. The van der Waals surface area contributed by atoms with Gasteiger partial charge in [-0.15, -0.1) is 11.3 Å². The molecule has 0 radical (unpaired) electrons. The van der Waals surface area contributed by atoms with Crippen molar-refractivity contribution in [2.24, 2.45) is 0 Å². The highest BCUT2D eigenvalue weighted by Gasteiger charge is 2.06. The van der Waals surface area contributed by atoms with Crippen LogP contribution in [0.5, 0.6) is 5.75 Å². The molecule has 0 spiro atoms. The Bertz CT molecular complexity index is 570. The highest BCUT2D eigenvalue weighted by atomic mass is 32.1. The van der Waals surface area contributed by atoms with Gasteiger partial charge in [0, 0.05) is 12.0 Å². The van der Waals surface area contributed by atoms with E-state index in [0.717, 1.165) is 22.6 Å². The van der Waals surface area contributed by atoms with Gasteiger partial charge >= 0.3 is 0 Å². The number of benzene rings is 1. The topological polar surface area (TPSA) is 26.3 Å². The van der Waals surface area contributed by atoms with Crippen LogP contribution in [-0.4, -0.2) is 12.4 Å². The molecular formula is C17H18O2S. The fraction of sp³-hybridized carbons (Fsp3) is 0.235. The molecule has 1 aromatic heterocycles. The van der Waals surface area contributed by atoms with Crippen LogP contribution < -0.4 is 4.74 Å². The van der Waals surface area contributed by atoms with E-state index in [1.165, 1.54) is 11.3 Å². The summed E-state index contributed by atoms with van der Waals surface area (Å²) in [5, 5.41) is 1.93. The maximum Gasteiger partial charge on any atom is 0.172 e.